The van der Waals surface area contributed by atoms with Gasteiger partial charge in [-0.15, -0.1) is 0 Å². The van der Waals surface area contributed by atoms with Crippen molar-refractivity contribution in [2.24, 2.45) is 0 Å². The molecule has 0 saturated carbocycles. The van der Waals surface area contributed by atoms with Gasteiger partial charge in [0, 0.05) is 10.5 Å². The molecule has 2 rings (SSSR count). The van der Waals surface area contributed by atoms with Crippen molar-refractivity contribution in [2.45, 2.75) is 37.9 Å². The molecule has 1 aliphatic heterocycles. The van der Waals surface area contributed by atoms with E-state index in [0.717, 1.165) is 31.9 Å². The third-order valence-corrected chi connectivity index (χ3v) is 3.80. The molecule has 1 heterocycles. The number of rotatable bonds is 2. The Morgan fingerprint density at radius 3 is 2.63 bits per heavy atom. The van der Waals surface area contributed by atoms with Gasteiger partial charge in [0.1, 0.15) is 5.75 Å². The first kappa shape index (κ1) is 14.7. The van der Waals surface area contributed by atoms with Crippen LogP contribution in [0.15, 0.2) is 16.6 Å². The van der Waals surface area contributed by atoms with Gasteiger partial charge in [-0.1, -0.05) is 22.4 Å². The minimum Gasteiger partial charge on any atom is -0.507 e. The highest BCUT2D eigenvalue weighted by atomic mass is 79.9. The molecule has 0 spiro atoms. The van der Waals surface area contributed by atoms with Crippen LogP contribution in [0.25, 0.3) is 0 Å². The number of piperidine rings is 1. The van der Waals surface area contributed by atoms with Gasteiger partial charge in [0.05, 0.1) is 5.56 Å². The van der Waals surface area contributed by atoms with Crippen molar-refractivity contribution < 1.29 is 18.3 Å². The summed E-state index contributed by atoms with van der Waals surface area (Å²) in [5.41, 5.74) is -0.645. The molecule has 0 bridgehead atoms. The van der Waals surface area contributed by atoms with Crippen molar-refractivity contribution in [1.29, 1.82) is 0 Å². The lowest BCUT2D eigenvalue weighted by Crippen LogP contribution is -2.35. The lowest BCUT2D eigenvalue weighted by Gasteiger charge is -2.24. The summed E-state index contributed by atoms with van der Waals surface area (Å²) in [4.78, 5) is 0. The maximum absolute atomic E-state index is 12.8. The first-order valence-corrected chi connectivity index (χ1v) is 6.99. The van der Waals surface area contributed by atoms with Crippen LogP contribution < -0.4 is 5.32 Å². The second kappa shape index (κ2) is 5.71. The van der Waals surface area contributed by atoms with Crippen molar-refractivity contribution >= 4 is 15.9 Å². The van der Waals surface area contributed by atoms with E-state index < -0.39 is 17.5 Å². The molecule has 1 unspecified atom stereocenters. The van der Waals surface area contributed by atoms with Crippen molar-refractivity contribution in [2.75, 3.05) is 6.54 Å². The van der Waals surface area contributed by atoms with E-state index in [0.29, 0.717) is 16.5 Å². The molecular formula is C13H15BrF3NO. The molecule has 2 nitrogen and oxygen atoms in total. The van der Waals surface area contributed by atoms with Crippen LogP contribution in [-0.2, 0) is 12.6 Å². The van der Waals surface area contributed by atoms with Crippen molar-refractivity contribution in [3.05, 3.63) is 27.7 Å². The lowest BCUT2D eigenvalue weighted by atomic mass is 9.96. The van der Waals surface area contributed by atoms with E-state index in [1.165, 1.54) is 0 Å². The van der Waals surface area contributed by atoms with E-state index in [9.17, 15) is 18.3 Å². The molecule has 19 heavy (non-hydrogen) atoms. The van der Waals surface area contributed by atoms with Crippen molar-refractivity contribution in [3.63, 3.8) is 0 Å². The molecule has 1 fully saturated rings. The molecule has 0 radical (unpaired) electrons. The van der Waals surface area contributed by atoms with Crippen LogP contribution in [0.5, 0.6) is 5.75 Å². The van der Waals surface area contributed by atoms with E-state index >= 15 is 0 Å². The summed E-state index contributed by atoms with van der Waals surface area (Å²) in [6, 6.07) is 2.60. The SMILES string of the molecule is Oc1c(CC2CCCCN2)cc(Br)cc1C(F)(F)F. The van der Waals surface area contributed by atoms with E-state index in [-0.39, 0.29) is 6.04 Å². The Morgan fingerprint density at radius 2 is 2.05 bits per heavy atom. The molecule has 1 aromatic carbocycles. The van der Waals surface area contributed by atoms with Crippen LogP contribution in [-0.4, -0.2) is 17.7 Å². The second-order valence-electron chi connectivity index (χ2n) is 4.81. The maximum Gasteiger partial charge on any atom is 0.420 e. The van der Waals surface area contributed by atoms with Crippen LogP contribution in [0.2, 0.25) is 0 Å². The number of halogens is 4. The van der Waals surface area contributed by atoms with E-state index in [1.807, 2.05) is 0 Å². The molecule has 0 aromatic heterocycles. The summed E-state index contributed by atoms with van der Waals surface area (Å²) < 4.78 is 38.7. The fourth-order valence-electron chi connectivity index (χ4n) is 2.39. The Balaban J connectivity index is 2.27. The van der Waals surface area contributed by atoms with Gasteiger partial charge in [0.25, 0.3) is 0 Å². The summed E-state index contributed by atoms with van der Waals surface area (Å²) in [6.07, 6.45) is -1.04. The van der Waals surface area contributed by atoms with Gasteiger partial charge >= 0.3 is 6.18 Å². The number of hydrogen-bond acceptors (Lipinski definition) is 2. The Bertz CT molecular complexity index is 456. The van der Waals surface area contributed by atoms with Crippen molar-refractivity contribution in [3.8, 4) is 5.75 Å². The smallest absolute Gasteiger partial charge is 0.420 e. The fraction of sp³-hybridized carbons (Fsp3) is 0.538. The number of benzene rings is 1. The summed E-state index contributed by atoms with van der Waals surface area (Å²) in [5, 5.41) is 13.1. The van der Waals surface area contributed by atoms with Crippen LogP contribution in [0.4, 0.5) is 13.2 Å². The predicted octanol–water partition coefficient (Wildman–Crippen LogP) is 3.86. The van der Waals surface area contributed by atoms with Gasteiger partial charge < -0.3 is 10.4 Å². The number of aromatic hydroxyl groups is 1. The molecule has 1 aromatic rings. The molecule has 0 aliphatic carbocycles. The quantitative estimate of drug-likeness (QED) is 0.858. The molecule has 0 amide bonds. The zero-order valence-electron chi connectivity index (χ0n) is 10.2. The van der Waals surface area contributed by atoms with E-state index in [4.69, 9.17) is 0 Å². The summed E-state index contributed by atoms with van der Waals surface area (Å²) in [5.74, 6) is -0.650. The molecule has 106 valence electrons. The third kappa shape index (κ3) is 3.63. The normalized spacial score (nSPS) is 20.5. The van der Waals surface area contributed by atoms with Gasteiger partial charge in [-0.25, -0.2) is 0 Å². The Morgan fingerprint density at radius 1 is 1.32 bits per heavy atom. The van der Waals surface area contributed by atoms with Gasteiger partial charge in [-0.05, 0) is 43.5 Å². The highest BCUT2D eigenvalue weighted by molar-refractivity contribution is 9.10. The number of phenols is 1. The van der Waals surface area contributed by atoms with Crippen molar-refractivity contribution in [1.82, 2.24) is 5.32 Å². The standard InChI is InChI=1S/C13H15BrF3NO/c14-9-5-8(6-10-3-1-2-4-18-10)12(19)11(7-9)13(15,16)17/h5,7,10,18-19H,1-4,6H2. The number of hydrogen-bond donors (Lipinski definition) is 2. The summed E-state index contributed by atoms with van der Waals surface area (Å²) in [7, 11) is 0. The number of nitrogens with one attached hydrogen (secondary N) is 1. The van der Waals surface area contributed by atoms with Crippen LogP contribution in [0.3, 0.4) is 0 Å². The second-order valence-corrected chi connectivity index (χ2v) is 5.73. The first-order chi connectivity index (χ1) is 8.88. The Hall–Kier alpha value is -0.750. The topological polar surface area (TPSA) is 32.3 Å². The zero-order valence-corrected chi connectivity index (χ0v) is 11.8. The third-order valence-electron chi connectivity index (χ3n) is 3.34. The molecule has 2 N–H and O–H groups in total. The average molecular weight is 338 g/mol. The van der Waals surface area contributed by atoms with E-state index in [1.54, 1.807) is 6.07 Å². The highest BCUT2D eigenvalue weighted by Crippen LogP contribution is 2.40. The minimum atomic E-state index is -4.54. The maximum atomic E-state index is 12.8. The lowest BCUT2D eigenvalue weighted by molar-refractivity contribution is -0.138. The monoisotopic (exact) mass is 337 g/mol. The largest absolute Gasteiger partial charge is 0.507 e. The van der Waals surface area contributed by atoms with Gasteiger partial charge in [-0.3, -0.25) is 0 Å². The average Bonchev–Trinajstić information content (AvgIpc) is 2.33. The number of alkyl halides is 3. The van der Waals surface area contributed by atoms with Crippen LogP contribution >= 0.6 is 15.9 Å². The summed E-state index contributed by atoms with van der Waals surface area (Å²) >= 11 is 3.07. The molecule has 6 heteroatoms. The van der Waals surface area contributed by atoms with Gasteiger partial charge in [0.15, 0.2) is 0 Å². The first-order valence-electron chi connectivity index (χ1n) is 6.20. The number of phenolic OH excluding ortho intramolecular Hbond substituents is 1. The van der Waals surface area contributed by atoms with Gasteiger partial charge in [-0.2, -0.15) is 13.2 Å². The van der Waals surface area contributed by atoms with Crippen LogP contribution in [0.1, 0.15) is 30.4 Å². The fourth-order valence-corrected chi connectivity index (χ4v) is 2.90. The Labute approximate surface area is 118 Å². The van der Waals surface area contributed by atoms with Gasteiger partial charge in [0.2, 0.25) is 0 Å². The zero-order chi connectivity index (χ0) is 14.0. The minimum absolute atomic E-state index is 0.134. The summed E-state index contributed by atoms with van der Waals surface area (Å²) in [6.45, 7) is 0.881. The predicted molar refractivity (Wildman–Crippen MR) is 70.2 cm³/mol. The molecule has 1 atom stereocenters. The Kier molecular flexibility index (Phi) is 4.40. The molecular weight excluding hydrogens is 323 g/mol. The van der Waals surface area contributed by atoms with E-state index in [2.05, 4.69) is 21.2 Å². The van der Waals surface area contributed by atoms with Crippen LogP contribution in [0, 0.1) is 0 Å². The molecule has 1 saturated heterocycles. The molecule has 1 aliphatic rings. The highest BCUT2D eigenvalue weighted by Gasteiger charge is 2.35.